The normalized spacial score (nSPS) is 12.4. The molecule has 0 bridgehead atoms. The number of carbonyl (C=O) groups is 1. The van der Waals surface area contributed by atoms with E-state index in [0.717, 1.165) is 10.0 Å². The fourth-order valence-corrected chi connectivity index (χ4v) is 2.51. The van der Waals surface area contributed by atoms with Gasteiger partial charge in [0.05, 0.1) is 5.75 Å². The van der Waals surface area contributed by atoms with Crippen LogP contribution in [0.3, 0.4) is 0 Å². The molecule has 118 valence electrons. The van der Waals surface area contributed by atoms with Gasteiger partial charge in [-0.1, -0.05) is 53.7 Å². The van der Waals surface area contributed by atoms with Gasteiger partial charge in [0.2, 0.25) is 11.1 Å². The Hall–Kier alpha value is -1.34. The molecule has 2 N–H and O–H groups in total. The molecular formula is C15H19BrN4OS. The van der Waals surface area contributed by atoms with Gasteiger partial charge in [-0.15, -0.1) is 5.10 Å². The molecule has 0 aliphatic carbocycles. The molecule has 22 heavy (non-hydrogen) atoms. The van der Waals surface area contributed by atoms with Crippen LogP contribution >= 0.6 is 27.7 Å². The maximum atomic E-state index is 11.8. The van der Waals surface area contributed by atoms with Crippen LogP contribution in [0.5, 0.6) is 0 Å². The minimum absolute atomic E-state index is 0.00110. The van der Waals surface area contributed by atoms with Crippen LogP contribution in [0.4, 0.5) is 0 Å². The number of benzene rings is 1. The third kappa shape index (κ3) is 4.84. The maximum Gasteiger partial charge on any atom is 0.230 e. The van der Waals surface area contributed by atoms with Gasteiger partial charge < -0.3 is 5.32 Å². The van der Waals surface area contributed by atoms with Crippen molar-refractivity contribution in [1.82, 2.24) is 20.5 Å². The van der Waals surface area contributed by atoms with Crippen LogP contribution in [-0.4, -0.2) is 32.9 Å². The molecular weight excluding hydrogens is 364 g/mol. The van der Waals surface area contributed by atoms with E-state index < -0.39 is 0 Å². The summed E-state index contributed by atoms with van der Waals surface area (Å²) in [4.78, 5) is 16.2. The molecule has 1 amide bonds. The molecule has 2 aromatic rings. The summed E-state index contributed by atoms with van der Waals surface area (Å²) in [6.45, 7) is 6.17. The van der Waals surface area contributed by atoms with E-state index >= 15 is 0 Å². The van der Waals surface area contributed by atoms with Crippen molar-refractivity contribution in [2.75, 3.05) is 5.75 Å². The summed E-state index contributed by atoms with van der Waals surface area (Å²) in [7, 11) is 0. The summed E-state index contributed by atoms with van der Waals surface area (Å²) in [5, 5.41) is 10.6. The summed E-state index contributed by atoms with van der Waals surface area (Å²) >= 11 is 4.72. The van der Waals surface area contributed by atoms with Crippen LogP contribution in [-0.2, 0) is 4.79 Å². The molecule has 2 rings (SSSR count). The summed E-state index contributed by atoms with van der Waals surface area (Å²) in [5.74, 6) is 1.43. The average molecular weight is 383 g/mol. The lowest BCUT2D eigenvalue weighted by Gasteiger charge is -2.16. The quantitative estimate of drug-likeness (QED) is 0.750. The Bertz CT molecular complexity index is 627. The summed E-state index contributed by atoms with van der Waals surface area (Å²) in [6, 6.07) is 7.97. The predicted molar refractivity (Wildman–Crippen MR) is 92.7 cm³/mol. The van der Waals surface area contributed by atoms with Gasteiger partial charge in [-0.2, -0.15) is 0 Å². The number of nitrogens with zero attached hydrogens (tertiary/aromatic N) is 2. The largest absolute Gasteiger partial charge is 0.353 e. The lowest BCUT2D eigenvalue weighted by molar-refractivity contribution is -0.119. The number of rotatable bonds is 6. The van der Waals surface area contributed by atoms with E-state index in [9.17, 15) is 4.79 Å². The monoisotopic (exact) mass is 382 g/mol. The zero-order valence-corrected chi connectivity index (χ0v) is 15.2. The molecule has 0 fully saturated rings. The molecule has 0 spiro atoms. The molecule has 0 aliphatic heterocycles. The zero-order valence-electron chi connectivity index (χ0n) is 12.8. The lowest BCUT2D eigenvalue weighted by atomic mass is 10.1. The number of carbonyl (C=O) groups excluding carboxylic acids is 1. The van der Waals surface area contributed by atoms with Gasteiger partial charge in [-0.25, -0.2) is 4.98 Å². The van der Waals surface area contributed by atoms with Crippen LogP contribution in [0.25, 0.3) is 11.4 Å². The fraction of sp³-hybridized carbons (Fsp3) is 0.400. The van der Waals surface area contributed by atoms with Gasteiger partial charge >= 0.3 is 0 Å². The Labute approximate surface area is 142 Å². The van der Waals surface area contributed by atoms with Crippen LogP contribution in [0.1, 0.15) is 20.8 Å². The van der Waals surface area contributed by atoms with Crippen LogP contribution in [0, 0.1) is 5.92 Å². The first-order chi connectivity index (χ1) is 10.5. The second-order valence-electron chi connectivity index (χ2n) is 5.36. The van der Waals surface area contributed by atoms with E-state index in [1.54, 1.807) is 0 Å². The van der Waals surface area contributed by atoms with Crippen molar-refractivity contribution in [3.8, 4) is 11.4 Å². The third-order valence-corrected chi connectivity index (χ3v) is 4.68. The van der Waals surface area contributed by atoms with Crippen molar-refractivity contribution in [2.45, 2.75) is 32.0 Å². The van der Waals surface area contributed by atoms with Gasteiger partial charge in [-0.05, 0) is 25.0 Å². The van der Waals surface area contributed by atoms with Gasteiger partial charge in [0.25, 0.3) is 0 Å². The summed E-state index contributed by atoms with van der Waals surface area (Å²) in [5.41, 5.74) is 0.959. The molecule has 0 unspecified atom stereocenters. The fourth-order valence-electron chi connectivity index (χ4n) is 1.64. The van der Waals surface area contributed by atoms with Gasteiger partial charge in [-0.3, -0.25) is 9.89 Å². The number of thioether (sulfide) groups is 1. The van der Waals surface area contributed by atoms with Gasteiger partial charge in [0.15, 0.2) is 5.82 Å². The maximum absolute atomic E-state index is 11.8. The number of aromatic nitrogens is 3. The standard InChI is InChI=1S/C15H19BrN4OS/c1-9(2)10(3)17-13(21)8-22-15-18-14(19-20-15)11-4-6-12(16)7-5-11/h4-7,9-10H,8H2,1-3H3,(H,17,21)(H,18,19,20)/t10-/m1/s1. The molecule has 5 nitrogen and oxygen atoms in total. The third-order valence-electron chi connectivity index (χ3n) is 3.30. The Morgan fingerprint density at radius 3 is 2.64 bits per heavy atom. The number of nitrogens with one attached hydrogen (secondary N) is 2. The molecule has 0 saturated heterocycles. The highest BCUT2D eigenvalue weighted by Gasteiger charge is 2.12. The first kappa shape index (κ1) is 17.0. The average Bonchev–Trinajstić information content (AvgIpc) is 2.94. The van der Waals surface area contributed by atoms with E-state index in [1.165, 1.54) is 11.8 Å². The molecule has 1 aromatic carbocycles. The van der Waals surface area contributed by atoms with Crippen molar-refractivity contribution in [3.63, 3.8) is 0 Å². The first-order valence-electron chi connectivity index (χ1n) is 7.06. The molecule has 0 saturated carbocycles. The summed E-state index contributed by atoms with van der Waals surface area (Å²) in [6.07, 6.45) is 0. The van der Waals surface area contributed by atoms with Crippen LogP contribution < -0.4 is 5.32 Å². The first-order valence-corrected chi connectivity index (χ1v) is 8.84. The smallest absolute Gasteiger partial charge is 0.230 e. The second-order valence-corrected chi connectivity index (χ2v) is 7.22. The van der Waals surface area contributed by atoms with E-state index in [2.05, 4.69) is 50.3 Å². The molecule has 1 atom stereocenters. The van der Waals surface area contributed by atoms with Crippen molar-refractivity contribution in [2.24, 2.45) is 5.92 Å². The zero-order chi connectivity index (χ0) is 16.1. The molecule has 1 aromatic heterocycles. The van der Waals surface area contributed by atoms with E-state index in [4.69, 9.17) is 0 Å². The van der Waals surface area contributed by atoms with Crippen LogP contribution in [0.2, 0.25) is 0 Å². The second kappa shape index (κ2) is 7.78. The van der Waals surface area contributed by atoms with Gasteiger partial charge in [0.1, 0.15) is 0 Å². The van der Waals surface area contributed by atoms with E-state index in [0.29, 0.717) is 22.7 Å². The minimum Gasteiger partial charge on any atom is -0.353 e. The highest BCUT2D eigenvalue weighted by Crippen LogP contribution is 2.21. The van der Waals surface area contributed by atoms with E-state index in [1.807, 2.05) is 31.2 Å². The summed E-state index contributed by atoms with van der Waals surface area (Å²) < 4.78 is 1.02. The Morgan fingerprint density at radius 1 is 1.32 bits per heavy atom. The number of halogens is 1. The lowest BCUT2D eigenvalue weighted by Crippen LogP contribution is -2.37. The number of H-pyrrole nitrogens is 1. The number of amides is 1. The highest BCUT2D eigenvalue weighted by molar-refractivity contribution is 9.10. The topological polar surface area (TPSA) is 70.7 Å². The molecule has 0 radical (unpaired) electrons. The van der Waals surface area contributed by atoms with Crippen molar-refractivity contribution >= 4 is 33.6 Å². The Balaban J connectivity index is 1.90. The molecule has 0 aliphatic rings. The molecule has 1 heterocycles. The van der Waals surface area contributed by atoms with Gasteiger partial charge in [0, 0.05) is 16.1 Å². The van der Waals surface area contributed by atoms with Crippen molar-refractivity contribution in [3.05, 3.63) is 28.7 Å². The minimum atomic E-state index is 0.00110. The van der Waals surface area contributed by atoms with E-state index in [-0.39, 0.29) is 11.9 Å². The predicted octanol–water partition coefficient (Wildman–Crippen LogP) is 3.49. The number of aromatic amines is 1. The Morgan fingerprint density at radius 2 is 2.00 bits per heavy atom. The van der Waals surface area contributed by atoms with Crippen LogP contribution in [0.15, 0.2) is 33.9 Å². The molecule has 7 heteroatoms. The highest BCUT2D eigenvalue weighted by atomic mass is 79.9. The Kier molecular flexibility index (Phi) is 6.02. The SMILES string of the molecule is CC(C)[C@@H](C)NC(=O)CSc1n[nH]c(-c2ccc(Br)cc2)n1. The number of hydrogen-bond acceptors (Lipinski definition) is 4. The van der Waals surface area contributed by atoms with Crippen molar-refractivity contribution < 1.29 is 4.79 Å². The number of hydrogen-bond donors (Lipinski definition) is 2. The van der Waals surface area contributed by atoms with Crippen molar-refractivity contribution in [1.29, 1.82) is 0 Å².